The minimum atomic E-state index is 0.248. The van der Waals surface area contributed by atoms with Crippen molar-refractivity contribution in [1.29, 1.82) is 0 Å². The molecular formula is C52H82O18. The van der Waals surface area contributed by atoms with Crippen LogP contribution in [0.1, 0.15) is 38.8 Å². The zero-order chi connectivity index (χ0) is 49.6. The standard InChI is InChI=1S/C52H82O18/c1-5-53-12-16-57-20-24-61-28-32-65-49-36-45(37-50(41-49)66-33-29-62-25-21-58-17-13-54-6-2)43-69-47-10-9-11-48(40-47)70-44-46-38-51(67-34-30-63-26-22-59-18-14-55-7-3)42-52(39-46)68-35-31-64-27-23-60-19-15-56-8-4/h9-11,36-42H,5-8,12-35,43-44H2,1-4H3. The average Bonchev–Trinajstić information content (AvgIpc) is 3.37. The van der Waals surface area contributed by atoms with Crippen LogP contribution in [0.15, 0.2) is 60.7 Å². The van der Waals surface area contributed by atoms with Crippen molar-refractivity contribution in [2.24, 2.45) is 0 Å². The van der Waals surface area contributed by atoms with Crippen molar-refractivity contribution in [3.05, 3.63) is 71.8 Å². The lowest BCUT2D eigenvalue weighted by atomic mass is 10.2. The normalized spacial score (nSPS) is 11.3. The molecule has 398 valence electrons. The predicted molar refractivity (Wildman–Crippen MR) is 262 cm³/mol. The molecule has 0 aliphatic heterocycles. The fourth-order valence-electron chi connectivity index (χ4n) is 5.96. The third kappa shape index (κ3) is 32.8. The average molecular weight is 995 g/mol. The lowest BCUT2D eigenvalue weighted by molar-refractivity contribution is 0.0109. The van der Waals surface area contributed by atoms with Crippen molar-refractivity contribution in [3.63, 3.8) is 0 Å². The molecule has 3 aromatic carbocycles. The summed E-state index contributed by atoms with van der Waals surface area (Å²) in [5.41, 5.74) is 1.70. The second kappa shape index (κ2) is 43.7. The van der Waals surface area contributed by atoms with E-state index in [1.807, 2.05) is 88.4 Å². The molecule has 3 aromatic rings. The van der Waals surface area contributed by atoms with Gasteiger partial charge in [0.15, 0.2) is 0 Å². The van der Waals surface area contributed by atoms with Crippen molar-refractivity contribution in [3.8, 4) is 34.5 Å². The van der Waals surface area contributed by atoms with Gasteiger partial charge in [0.1, 0.15) is 74.1 Å². The van der Waals surface area contributed by atoms with Crippen LogP contribution in [0.2, 0.25) is 0 Å². The summed E-state index contributed by atoms with van der Waals surface area (Å²) in [4.78, 5) is 0. The van der Waals surface area contributed by atoms with Crippen LogP contribution in [0.25, 0.3) is 0 Å². The van der Waals surface area contributed by atoms with E-state index >= 15 is 0 Å². The summed E-state index contributed by atoms with van der Waals surface area (Å²) in [5.74, 6) is 3.75. The highest BCUT2D eigenvalue weighted by Crippen LogP contribution is 2.28. The van der Waals surface area contributed by atoms with Gasteiger partial charge in [0.2, 0.25) is 0 Å². The SMILES string of the molecule is CCOCCOCCOCCOc1cc(COc2cccc(OCc3cc(OCCOCCOCCOCC)cc(OCCOCCOCCOCC)c3)c2)cc(OCCOCCOCCOCC)c1. The molecule has 0 N–H and O–H groups in total. The molecule has 0 amide bonds. The van der Waals surface area contributed by atoms with Crippen LogP contribution in [0, 0.1) is 0 Å². The topological polar surface area (TPSA) is 166 Å². The maximum atomic E-state index is 6.27. The van der Waals surface area contributed by atoms with Gasteiger partial charge in [0.05, 0.1) is 132 Å². The first-order valence-corrected chi connectivity index (χ1v) is 24.7. The smallest absolute Gasteiger partial charge is 0.123 e. The Balaban J connectivity index is 1.55. The van der Waals surface area contributed by atoms with Gasteiger partial charge in [0, 0.05) is 44.6 Å². The van der Waals surface area contributed by atoms with Gasteiger partial charge in [-0.25, -0.2) is 0 Å². The fourth-order valence-corrected chi connectivity index (χ4v) is 5.96. The molecule has 0 saturated carbocycles. The number of hydrogen-bond donors (Lipinski definition) is 0. The number of benzene rings is 3. The molecule has 0 radical (unpaired) electrons. The third-order valence-corrected chi connectivity index (χ3v) is 9.27. The Morgan fingerprint density at radius 1 is 0.229 bits per heavy atom. The van der Waals surface area contributed by atoms with E-state index < -0.39 is 0 Å². The molecular weight excluding hydrogens is 913 g/mol. The van der Waals surface area contributed by atoms with Gasteiger partial charge < -0.3 is 85.3 Å². The Morgan fingerprint density at radius 2 is 0.443 bits per heavy atom. The first kappa shape index (κ1) is 60.3. The van der Waals surface area contributed by atoms with E-state index in [0.717, 1.165) is 11.1 Å². The molecule has 0 atom stereocenters. The summed E-state index contributed by atoms with van der Waals surface area (Å²) in [6.45, 7) is 22.2. The van der Waals surface area contributed by atoms with Gasteiger partial charge >= 0.3 is 0 Å². The Bertz CT molecular complexity index is 1450. The monoisotopic (exact) mass is 995 g/mol. The van der Waals surface area contributed by atoms with E-state index in [9.17, 15) is 0 Å². The quantitative estimate of drug-likeness (QED) is 0.0552. The molecule has 0 saturated heterocycles. The zero-order valence-electron chi connectivity index (χ0n) is 42.3. The van der Waals surface area contributed by atoms with E-state index in [2.05, 4.69) is 0 Å². The molecule has 0 bridgehead atoms. The Hall–Kier alpha value is -4.02. The largest absolute Gasteiger partial charge is 0.491 e. The second-order valence-corrected chi connectivity index (χ2v) is 14.8. The fraction of sp³-hybridized carbons (Fsp3) is 0.654. The zero-order valence-corrected chi connectivity index (χ0v) is 42.3. The maximum Gasteiger partial charge on any atom is 0.123 e. The first-order chi connectivity index (χ1) is 34.6. The molecule has 18 nitrogen and oxygen atoms in total. The summed E-state index contributed by atoms with van der Waals surface area (Å²) in [6.07, 6.45) is 0. The minimum absolute atomic E-state index is 0.248. The van der Waals surface area contributed by atoms with Crippen LogP contribution in [0.3, 0.4) is 0 Å². The molecule has 0 heterocycles. The van der Waals surface area contributed by atoms with Crippen LogP contribution >= 0.6 is 0 Å². The van der Waals surface area contributed by atoms with Crippen molar-refractivity contribution in [1.82, 2.24) is 0 Å². The third-order valence-electron chi connectivity index (χ3n) is 9.27. The number of ether oxygens (including phenoxy) is 18. The van der Waals surface area contributed by atoms with Gasteiger partial charge in [-0.05, 0) is 75.2 Å². The highest BCUT2D eigenvalue weighted by molar-refractivity contribution is 5.40. The summed E-state index contributed by atoms with van der Waals surface area (Å²) in [7, 11) is 0. The highest BCUT2D eigenvalue weighted by Gasteiger charge is 2.09. The molecule has 0 aliphatic carbocycles. The Morgan fingerprint density at radius 3 is 0.686 bits per heavy atom. The van der Waals surface area contributed by atoms with Crippen LogP contribution < -0.4 is 28.4 Å². The Kier molecular flexibility index (Phi) is 37.7. The van der Waals surface area contributed by atoms with Gasteiger partial charge in [0.25, 0.3) is 0 Å². The molecule has 0 fully saturated rings. The van der Waals surface area contributed by atoms with Crippen LogP contribution in [0.5, 0.6) is 34.5 Å². The van der Waals surface area contributed by atoms with Crippen molar-refractivity contribution in [2.75, 3.05) is 185 Å². The second-order valence-electron chi connectivity index (χ2n) is 14.8. The van der Waals surface area contributed by atoms with E-state index in [0.29, 0.717) is 219 Å². The summed E-state index contributed by atoms with van der Waals surface area (Å²) in [6, 6.07) is 18.9. The molecule has 70 heavy (non-hydrogen) atoms. The van der Waals surface area contributed by atoms with Crippen molar-refractivity contribution in [2.45, 2.75) is 40.9 Å². The lowest BCUT2D eigenvalue weighted by Gasteiger charge is -2.15. The molecule has 0 spiro atoms. The van der Waals surface area contributed by atoms with Crippen LogP contribution in [-0.2, 0) is 70.1 Å². The first-order valence-electron chi connectivity index (χ1n) is 24.7. The number of hydrogen-bond acceptors (Lipinski definition) is 18. The molecule has 0 aliphatic rings. The molecule has 0 aromatic heterocycles. The van der Waals surface area contributed by atoms with Crippen LogP contribution in [-0.4, -0.2) is 185 Å². The van der Waals surface area contributed by atoms with Gasteiger partial charge in [-0.3, -0.25) is 0 Å². The van der Waals surface area contributed by atoms with Gasteiger partial charge in [-0.1, -0.05) is 6.07 Å². The molecule has 18 heteroatoms. The maximum absolute atomic E-state index is 6.27. The van der Waals surface area contributed by atoms with Gasteiger partial charge in [-0.2, -0.15) is 0 Å². The summed E-state index contributed by atoms with van der Waals surface area (Å²) < 4.78 is 103. The summed E-state index contributed by atoms with van der Waals surface area (Å²) >= 11 is 0. The molecule has 0 unspecified atom stereocenters. The lowest BCUT2D eigenvalue weighted by Crippen LogP contribution is -2.13. The van der Waals surface area contributed by atoms with Crippen LogP contribution in [0.4, 0.5) is 0 Å². The Labute approximate surface area is 416 Å². The van der Waals surface area contributed by atoms with E-state index in [-0.39, 0.29) is 13.2 Å². The highest BCUT2D eigenvalue weighted by atomic mass is 16.6. The van der Waals surface area contributed by atoms with Gasteiger partial charge in [-0.15, -0.1) is 0 Å². The van der Waals surface area contributed by atoms with E-state index in [1.54, 1.807) is 0 Å². The van der Waals surface area contributed by atoms with Crippen molar-refractivity contribution < 1.29 is 85.3 Å². The molecule has 3 rings (SSSR count). The van der Waals surface area contributed by atoms with E-state index in [1.165, 1.54) is 0 Å². The van der Waals surface area contributed by atoms with E-state index in [4.69, 9.17) is 85.3 Å². The number of rotatable bonds is 50. The summed E-state index contributed by atoms with van der Waals surface area (Å²) in [5, 5.41) is 0. The predicted octanol–water partition coefficient (Wildman–Crippen LogP) is 6.64. The minimum Gasteiger partial charge on any atom is -0.491 e. The van der Waals surface area contributed by atoms with Crippen molar-refractivity contribution >= 4 is 0 Å².